The zero-order valence-electron chi connectivity index (χ0n) is 27.5. The Labute approximate surface area is 270 Å². The minimum atomic E-state index is -4.04. The third-order valence-corrected chi connectivity index (χ3v) is 11.8. The van der Waals surface area contributed by atoms with Crippen LogP contribution >= 0.6 is 11.8 Å². The molecule has 9 nitrogen and oxygen atoms in total. The number of hydrogen-bond acceptors (Lipinski definition) is 6. The number of likely N-dealkylation sites (tertiary alicyclic amines) is 1. The lowest BCUT2D eigenvalue weighted by Crippen LogP contribution is -2.57. The van der Waals surface area contributed by atoms with Crippen LogP contribution in [0.5, 0.6) is 0 Å². The average molecular weight is 656 g/mol. The van der Waals surface area contributed by atoms with Crippen molar-refractivity contribution < 1.29 is 27.9 Å². The maximum atomic E-state index is 14.1. The summed E-state index contributed by atoms with van der Waals surface area (Å²) in [7, 11) is -4.04. The van der Waals surface area contributed by atoms with E-state index in [1.165, 1.54) is 55.7 Å². The van der Waals surface area contributed by atoms with Gasteiger partial charge in [-0.1, -0.05) is 91.6 Å². The van der Waals surface area contributed by atoms with Gasteiger partial charge in [0.25, 0.3) is 0 Å². The first kappa shape index (κ1) is 38.3. The number of aliphatic carboxylic acids is 1. The maximum absolute atomic E-state index is 14.1. The number of thioether (sulfide) groups is 1. The number of likely N-dealkylation sites (N-methyl/N-ethyl adjacent to an activating group) is 1. The number of nitrogens with zero attached hydrogens (tertiary/aromatic N) is 2. The van der Waals surface area contributed by atoms with Gasteiger partial charge in [0.2, 0.25) is 21.8 Å². The standard InChI is InChI=1S/C33H57N3O6S2/c1-5-7-8-9-10-11-12-13-14-19-24-43-28-20-15-16-21-29(28)44(41,42)36(6-2)31(26(3)4)32(39)34-27(25-30(37)38)33(40)35-22-17-18-23-35/h16,21,26-27,31H,5-15,17-20,22-25H2,1-4H3,(H,34,39)(H,37,38)/t27?,31-/m0/s1. The molecule has 0 aromatic heterocycles. The summed E-state index contributed by atoms with van der Waals surface area (Å²) >= 11 is 1.61. The molecule has 0 saturated carbocycles. The van der Waals surface area contributed by atoms with E-state index in [2.05, 4.69) is 12.2 Å². The lowest BCUT2D eigenvalue weighted by molar-refractivity contribution is -0.143. The van der Waals surface area contributed by atoms with Crippen molar-refractivity contribution in [1.82, 2.24) is 14.5 Å². The quantitative estimate of drug-likeness (QED) is 0.128. The van der Waals surface area contributed by atoms with Crippen LogP contribution in [0.15, 0.2) is 22.0 Å². The molecular weight excluding hydrogens is 599 g/mol. The summed E-state index contributed by atoms with van der Waals surface area (Å²) in [5.74, 6) is -1.84. The van der Waals surface area contributed by atoms with Gasteiger partial charge in [-0.25, -0.2) is 8.42 Å². The number of allylic oxidation sites excluding steroid dienone is 3. The Bertz CT molecular complexity index is 1080. The van der Waals surface area contributed by atoms with Crippen molar-refractivity contribution in [3.05, 3.63) is 22.0 Å². The number of hydrogen-bond donors (Lipinski definition) is 2. The molecule has 0 spiro atoms. The second-order valence-electron chi connectivity index (χ2n) is 12.3. The van der Waals surface area contributed by atoms with Crippen molar-refractivity contribution in [1.29, 1.82) is 0 Å². The van der Waals surface area contributed by atoms with E-state index in [1.54, 1.807) is 43.5 Å². The van der Waals surface area contributed by atoms with Crippen molar-refractivity contribution in [2.45, 2.75) is 136 Å². The van der Waals surface area contributed by atoms with Crippen LogP contribution in [0.4, 0.5) is 0 Å². The van der Waals surface area contributed by atoms with Crippen LogP contribution in [0.3, 0.4) is 0 Å². The molecule has 2 amide bonds. The first-order chi connectivity index (χ1) is 21.0. The molecule has 2 rings (SSSR count). The Hall–Kier alpha value is -1.85. The van der Waals surface area contributed by atoms with E-state index in [4.69, 9.17) is 0 Å². The molecule has 2 atom stereocenters. The fraction of sp³-hybridized carbons (Fsp3) is 0.788. The number of carbonyl (C=O) groups is 3. The third-order valence-electron chi connectivity index (χ3n) is 8.38. The minimum absolute atomic E-state index is 0.0655. The Morgan fingerprint density at radius 2 is 1.57 bits per heavy atom. The van der Waals surface area contributed by atoms with Crippen LogP contribution in [0.25, 0.3) is 0 Å². The second kappa shape index (κ2) is 20.3. The summed E-state index contributed by atoms with van der Waals surface area (Å²) in [6.07, 6.45) is 18.6. The number of nitrogens with one attached hydrogen (secondary N) is 1. The monoisotopic (exact) mass is 655 g/mol. The number of sulfonamides is 1. The molecule has 0 aromatic rings. The number of amides is 2. The fourth-order valence-electron chi connectivity index (χ4n) is 5.98. The highest BCUT2D eigenvalue weighted by molar-refractivity contribution is 8.04. The first-order valence-electron chi connectivity index (χ1n) is 16.9. The van der Waals surface area contributed by atoms with Gasteiger partial charge in [0.1, 0.15) is 12.1 Å². The van der Waals surface area contributed by atoms with E-state index < -0.39 is 52.2 Å². The summed E-state index contributed by atoms with van der Waals surface area (Å²) in [5, 5.41) is 12.1. The molecule has 1 aliphatic carbocycles. The molecule has 0 radical (unpaired) electrons. The molecule has 11 heteroatoms. The number of carboxylic acid groups (broad SMARTS) is 1. The lowest BCUT2D eigenvalue weighted by atomic mass is 10.0. The van der Waals surface area contributed by atoms with E-state index in [0.717, 1.165) is 42.8 Å². The molecule has 0 aromatic carbocycles. The molecule has 44 heavy (non-hydrogen) atoms. The van der Waals surface area contributed by atoms with Gasteiger partial charge < -0.3 is 15.3 Å². The SMILES string of the molecule is CCCCCCCCCCCCSC1=C(S(=O)(=O)N(CC)[C@H](C(=O)NC(CC(=O)O)C(=O)N2CCCC2)C(C)C)C=CCC1. The summed E-state index contributed by atoms with van der Waals surface area (Å²) in [5.41, 5.74) is 0. The van der Waals surface area contributed by atoms with Crippen molar-refractivity contribution in [2.24, 2.45) is 5.92 Å². The van der Waals surface area contributed by atoms with Crippen LogP contribution in [0.2, 0.25) is 0 Å². The fourth-order valence-corrected chi connectivity index (χ4v) is 9.43. The molecule has 1 unspecified atom stereocenters. The average Bonchev–Trinajstić information content (AvgIpc) is 3.52. The third kappa shape index (κ3) is 12.2. The van der Waals surface area contributed by atoms with Crippen LogP contribution in [-0.2, 0) is 24.4 Å². The summed E-state index contributed by atoms with van der Waals surface area (Å²) in [4.78, 5) is 41.0. The van der Waals surface area contributed by atoms with Crippen LogP contribution in [0, 0.1) is 5.92 Å². The van der Waals surface area contributed by atoms with E-state index in [9.17, 15) is 27.9 Å². The van der Waals surface area contributed by atoms with E-state index in [1.807, 2.05) is 6.08 Å². The highest BCUT2D eigenvalue weighted by Gasteiger charge is 2.40. The van der Waals surface area contributed by atoms with Gasteiger partial charge in [-0.2, -0.15) is 4.31 Å². The lowest BCUT2D eigenvalue weighted by Gasteiger charge is -2.34. The summed E-state index contributed by atoms with van der Waals surface area (Å²) in [6.45, 7) is 8.58. The molecular formula is C33H57N3O6S2. The highest BCUT2D eigenvalue weighted by Crippen LogP contribution is 2.35. The highest BCUT2D eigenvalue weighted by atomic mass is 32.2. The van der Waals surface area contributed by atoms with Gasteiger partial charge in [-0.05, 0) is 49.9 Å². The van der Waals surface area contributed by atoms with Crippen molar-refractivity contribution in [2.75, 3.05) is 25.4 Å². The largest absolute Gasteiger partial charge is 0.481 e. The number of carbonyl (C=O) groups excluding carboxylic acids is 2. The Morgan fingerprint density at radius 1 is 0.977 bits per heavy atom. The van der Waals surface area contributed by atoms with Crippen molar-refractivity contribution in [3.8, 4) is 0 Å². The summed E-state index contributed by atoms with van der Waals surface area (Å²) in [6, 6.07) is -2.34. The van der Waals surface area contributed by atoms with Crippen molar-refractivity contribution >= 4 is 39.6 Å². The predicted molar refractivity (Wildman–Crippen MR) is 180 cm³/mol. The van der Waals surface area contributed by atoms with Crippen LogP contribution < -0.4 is 5.32 Å². The van der Waals surface area contributed by atoms with E-state index >= 15 is 0 Å². The normalized spacial score (nSPS) is 17.0. The molecule has 252 valence electrons. The number of unbranched alkanes of at least 4 members (excludes halogenated alkanes) is 9. The van der Waals surface area contributed by atoms with Gasteiger partial charge in [-0.15, -0.1) is 11.8 Å². The molecule has 2 N–H and O–H groups in total. The Kier molecular flexibility index (Phi) is 17.7. The molecule has 1 fully saturated rings. The molecule has 0 bridgehead atoms. The van der Waals surface area contributed by atoms with Crippen LogP contribution in [-0.4, -0.2) is 78.0 Å². The molecule has 1 heterocycles. The Balaban J connectivity index is 2.09. The predicted octanol–water partition coefficient (Wildman–Crippen LogP) is 6.46. The van der Waals surface area contributed by atoms with Gasteiger partial charge in [0, 0.05) is 24.5 Å². The zero-order valence-corrected chi connectivity index (χ0v) is 29.2. The van der Waals surface area contributed by atoms with Gasteiger partial charge in [-0.3, -0.25) is 14.4 Å². The second-order valence-corrected chi connectivity index (χ2v) is 15.4. The number of carboxylic acids is 1. The Morgan fingerprint density at radius 3 is 2.11 bits per heavy atom. The molecule has 1 aliphatic heterocycles. The topological polar surface area (TPSA) is 124 Å². The maximum Gasteiger partial charge on any atom is 0.305 e. The molecule has 1 saturated heterocycles. The van der Waals surface area contributed by atoms with Gasteiger partial charge >= 0.3 is 5.97 Å². The zero-order chi connectivity index (χ0) is 32.5. The first-order valence-corrected chi connectivity index (χ1v) is 19.3. The van der Waals surface area contributed by atoms with Gasteiger partial charge in [0.15, 0.2) is 0 Å². The van der Waals surface area contributed by atoms with E-state index in [0.29, 0.717) is 19.5 Å². The number of rotatable bonds is 22. The smallest absolute Gasteiger partial charge is 0.305 e. The van der Waals surface area contributed by atoms with Crippen LogP contribution in [0.1, 0.15) is 124 Å². The summed E-state index contributed by atoms with van der Waals surface area (Å²) < 4.78 is 29.5. The van der Waals surface area contributed by atoms with Gasteiger partial charge in [0.05, 0.1) is 11.3 Å². The van der Waals surface area contributed by atoms with Crippen molar-refractivity contribution in [3.63, 3.8) is 0 Å². The minimum Gasteiger partial charge on any atom is -0.481 e. The van der Waals surface area contributed by atoms with E-state index in [-0.39, 0.29) is 11.4 Å². The molecule has 2 aliphatic rings.